The number of sulfonamides is 1. The quantitative estimate of drug-likeness (QED) is 0.919. The van der Waals surface area contributed by atoms with E-state index in [9.17, 15) is 13.2 Å². The first kappa shape index (κ1) is 15.0. The third kappa shape index (κ3) is 3.18. The van der Waals surface area contributed by atoms with E-state index in [2.05, 4.69) is 4.72 Å². The van der Waals surface area contributed by atoms with Crippen molar-refractivity contribution in [2.45, 2.75) is 24.2 Å². The Morgan fingerprint density at radius 3 is 2.80 bits per heavy atom. The number of benzene rings is 1. The largest absolute Gasteiger partial charge is 0.299 e. The predicted molar refractivity (Wildman–Crippen MR) is 73.7 cm³/mol. The molecule has 0 saturated heterocycles. The summed E-state index contributed by atoms with van der Waals surface area (Å²) in [5.41, 5.74) is 0.103. The molecule has 1 aliphatic rings. The molecule has 1 N–H and O–H groups in total. The first-order valence-electron chi connectivity index (χ1n) is 6.16. The third-order valence-corrected chi connectivity index (χ3v) is 5.07. The number of nitriles is 1. The van der Waals surface area contributed by atoms with E-state index in [1.165, 1.54) is 18.2 Å². The number of rotatable bonds is 4. The Bertz CT molecular complexity index is 679. The minimum atomic E-state index is -3.73. The topological polar surface area (TPSA) is 87.0 Å². The molecule has 0 bridgehead atoms. The molecule has 1 aromatic carbocycles. The van der Waals surface area contributed by atoms with E-state index in [-0.39, 0.29) is 33.7 Å². The normalized spacial score (nSPS) is 19.0. The standard InChI is InChI=1S/C13H13ClN2O3S/c14-12-5-4-11(6-10(12)7-15)20(18,19)16-8-9-2-1-3-13(9)17/h4-6,9,16H,1-3,8H2/t9-/m0/s1. The number of hydrogen-bond donors (Lipinski definition) is 1. The van der Waals surface area contributed by atoms with Crippen LogP contribution in [0, 0.1) is 17.2 Å². The number of carbonyl (C=O) groups is 1. The average Bonchev–Trinajstić information content (AvgIpc) is 2.82. The van der Waals surface area contributed by atoms with Crippen LogP contribution in [0.1, 0.15) is 24.8 Å². The molecule has 5 nitrogen and oxygen atoms in total. The lowest BCUT2D eigenvalue weighted by Gasteiger charge is -2.11. The van der Waals surface area contributed by atoms with Gasteiger partial charge in [-0.2, -0.15) is 5.26 Å². The summed E-state index contributed by atoms with van der Waals surface area (Å²) in [6, 6.07) is 5.76. The Labute approximate surface area is 122 Å². The Kier molecular flexibility index (Phi) is 4.43. The van der Waals surface area contributed by atoms with Crippen LogP contribution in [0.15, 0.2) is 23.1 Å². The summed E-state index contributed by atoms with van der Waals surface area (Å²) in [4.78, 5) is 11.5. The van der Waals surface area contributed by atoms with Crippen LogP contribution in [0.3, 0.4) is 0 Å². The molecule has 106 valence electrons. The summed E-state index contributed by atoms with van der Waals surface area (Å²) in [6.07, 6.45) is 2.04. The summed E-state index contributed by atoms with van der Waals surface area (Å²) in [6.45, 7) is 0.103. The fourth-order valence-corrected chi connectivity index (χ4v) is 3.42. The molecule has 0 spiro atoms. The van der Waals surface area contributed by atoms with Gasteiger partial charge in [0.15, 0.2) is 0 Å². The van der Waals surface area contributed by atoms with Gasteiger partial charge in [-0.1, -0.05) is 11.6 Å². The van der Waals surface area contributed by atoms with E-state index in [4.69, 9.17) is 16.9 Å². The van der Waals surface area contributed by atoms with Crippen molar-refractivity contribution >= 4 is 27.4 Å². The van der Waals surface area contributed by atoms with Gasteiger partial charge in [0.2, 0.25) is 10.0 Å². The number of nitrogens with one attached hydrogen (secondary N) is 1. The lowest BCUT2D eigenvalue weighted by atomic mass is 10.1. The molecule has 1 aromatic rings. The van der Waals surface area contributed by atoms with Crippen LogP contribution < -0.4 is 4.72 Å². The Hall–Kier alpha value is -1.42. The van der Waals surface area contributed by atoms with Gasteiger partial charge in [-0.05, 0) is 31.0 Å². The van der Waals surface area contributed by atoms with Crippen molar-refractivity contribution in [1.82, 2.24) is 4.72 Å². The molecule has 1 fully saturated rings. The molecular formula is C13H13ClN2O3S. The summed E-state index contributed by atoms with van der Waals surface area (Å²) in [5.74, 6) is -0.144. The van der Waals surface area contributed by atoms with Crippen molar-refractivity contribution in [2.24, 2.45) is 5.92 Å². The highest BCUT2D eigenvalue weighted by atomic mass is 35.5. The predicted octanol–water partition coefficient (Wildman–Crippen LogP) is 1.86. The van der Waals surface area contributed by atoms with Crippen molar-refractivity contribution in [1.29, 1.82) is 5.26 Å². The second-order valence-electron chi connectivity index (χ2n) is 4.66. The van der Waals surface area contributed by atoms with Crippen molar-refractivity contribution in [3.8, 4) is 6.07 Å². The van der Waals surface area contributed by atoms with Crippen molar-refractivity contribution in [3.63, 3.8) is 0 Å². The van der Waals surface area contributed by atoms with E-state index in [0.29, 0.717) is 12.8 Å². The maximum absolute atomic E-state index is 12.1. The highest BCUT2D eigenvalue weighted by Gasteiger charge is 2.26. The smallest absolute Gasteiger partial charge is 0.240 e. The number of nitrogens with zero attached hydrogens (tertiary/aromatic N) is 1. The summed E-state index contributed by atoms with van der Waals surface area (Å²) >= 11 is 5.76. The first-order valence-corrected chi connectivity index (χ1v) is 8.02. The van der Waals surface area contributed by atoms with Gasteiger partial charge >= 0.3 is 0 Å². The van der Waals surface area contributed by atoms with Crippen LogP contribution >= 0.6 is 11.6 Å². The van der Waals surface area contributed by atoms with Gasteiger partial charge in [0.25, 0.3) is 0 Å². The Balaban J connectivity index is 2.14. The molecule has 1 atom stereocenters. The summed E-state index contributed by atoms with van der Waals surface area (Å²) < 4.78 is 26.6. The maximum Gasteiger partial charge on any atom is 0.240 e. The van der Waals surface area contributed by atoms with E-state index >= 15 is 0 Å². The van der Waals surface area contributed by atoms with Gasteiger partial charge in [-0.15, -0.1) is 0 Å². The van der Waals surface area contributed by atoms with E-state index < -0.39 is 10.0 Å². The molecule has 0 aliphatic heterocycles. The number of Topliss-reactive ketones (excluding diaryl/α,β-unsaturated/α-hetero) is 1. The zero-order valence-electron chi connectivity index (χ0n) is 10.6. The fourth-order valence-electron chi connectivity index (χ4n) is 2.15. The number of carbonyl (C=O) groups excluding carboxylic acids is 1. The van der Waals surface area contributed by atoms with Gasteiger partial charge in [0.05, 0.1) is 15.5 Å². The number of halogens is 1. The van der Waals surface area contributed by atoms with Crippen LogP contribution in [0.25, 0.3) is 0 Å². The lowest BCUT2D eigenvalue weighted by molar-refractivity contribution is -0.120. The fraction of sp³-hybridized carbons (Fsp3) is 0.385. The van der Waals surface area contributed by atoms with Gasteiger partial charge in [0, 0.05) is 18.9 Å². The maximum atomic E-state index is 12.1. The monoisotopic (exact) mass is 312 g/mol. The molecule has 7 heteroatoms. The molecule has 20 heavy (non-hydrogen) atoms. The third-order valence-electron chi connectivity index (χ3n) is 3.32. The molecule has 0 amide bonds. The SMILES string of the molecule is N#Cc1cc(S(=O)(=O)NC[C@@H]2CCCC2=O)ccc1Cl. The molecule has 2 rings (SSSR count). The first-order chi connectivity index (χ1) is 9.44. The van der Waals surface area contributed by atoms with E-state index in [0.717, 1.165) is 6.42 Å². The van der Waals surface area contributed by atoms with Crippen LogP contribution in [0.4, 0.5) is 0 Å². The second-order valence-corrected chi connectivity index (χ2v) is 6.83. The number of hydrogen-bond acceptors (Lipinski definition) is 4. The zero-order chi connectivity index (χ0) is 14.8. The van der Waals surface area contributed by atoms with Gasteiger partial charge in [-0.3, -0.25) is 4.79 Å². The highest BCUT2D eigenvalue weighted by molar-refractivity contribution is 7.89. The van der Waals surface area contributed by atoms with Crippen LogP contribution in [-0.2, 0) is 14.8 Å². The molecule has 1 saturated carbocycles. The average molecular weight is 313 g/mol. The molecule has 1 aliphatic carbocycles. The molecule has 0 radical (unpaired) electrons. The molecule has 0 heterocycles. The lowest BCUT2D eigenvalue weighted by Crippen LogP contribution is -2.31. The molecular weight excluding hydrogens is 300 g/mol. The summed E-state index contributed by atoms with van der Waals surface area (Å²) in [7, 11) is -3.73. The van der Waals surface area contributed by atoms with E-state index in [1.54, 1.807) is 0 Å². The highest BCUT2D eigenvalue weighted by Crippen LogP contribution is 2.22. The minimum Gasteiger partial charge on any atom is -0.299 e. The van der Waals surface area contributed by atoms with Gasteiger partial charge in [0.1, 0.15) is 11.9 Å². The second kappa shape index (κ2) is 5.92. The summed E-state index contributed by atoms with van der Waals surface area (Å²) in [5, 5.41) is 9.06. The van der Waals surface area contributed by atoms with Crippen LogP contribution in [-0.4, -0.2) is 20.7 Å². The van der Waals surface area contributed by atoms with E-state index in [1.807, 2.05) is 6.07 Å². The van der Waals surface area contributed by atoms with Crippen molar-refractivity contribution < 1.29 is 13.2 Å². The van der Waals surface area contributed by atoms with Gasteiger partial charge in [-0.25, -0.2) is 13.1 Å². The van der Waals surface area contributed by atoms with Crippen molar-refractivity contribution in [3.05, 3.63) is 28.8 Å². The zero-order valence-corrected chi connectivity index (χ0v) is 12.2. The van der Waals surface area contributed by atoms with Crippen LogP contribution in [0.2, 0.25) is 5.02 Å². The Morgan fingerprint density at radius 2 is 2.20 bits per heavy atom. The Morgan fingerprint density at radius 1 is 1.45 bits per heavy atom. The van der Waals surface area contributed by atoms with Gasteiger partial charge < -0.3 is 0 Å². The van der Waals surface area contributed by atoms with Crippen LogP contribution in [0.5, 0.6) is 0 Å². The minimum absolute atomic E-state index is 0.0242. The van der Waals surface area contributed by atoms with Crippen molar-refractivity contribution in [2.75, 3.05) is 6.54 Å². The number of ketones is 1. The molecule has 0 unspecified atom stereocenters. The molecule has 0 aromatic heterocycles.